The van der Waals surface area contributed by atoms with E-state index in [0.717, 1.165) is 0 Å². The smallest absolute Gasteiger partial charge is 0.328 e. The Morgan fingerprint density at radius 2 is 1.83 bits per heavy atom. The molecule has 18 heavy (non-hydrogen) atoms. The summed E-state index contributed by atoms with van der Waals surface area (Å²) in [4.78, 5) is 26.2. The largest absolute Gasteiger partial charge is 0.480 e. The van der Waals surface area contributed by atoms with Crippen molar-refractivity contribution in [2.45, 2.75) is 19.1 Å². The second-order valence-electron chi connectivity index (χ2n) is 3.53. The van der Waals surface area contributed by atoms with Gasteiger partial charge < -0.3 is 15.5 Å². The molecule has 1 amide bonds. The normalized spacial score (nSPS) is 13.8. The average molecular weight is 293 g/mol. The average Bonchev–Trinajstić information content (AvgIpc) is 2.23. The van der Waals surface area contributed by atoms with E-state index in [1.165, 1.54) is 19.1 Å². The number of aliphatic hydroxyl groups excluding tert-OH is 1. The predicted octanol–water partition coefficient (Wildman–Crippen LogP) is 0.952. The van der Waals surface area contributed by atoms with Gasteiger partial charge in [-0.05, 0) is 19.1 Å². The Morgan fingerprint density at radius 1 is 1.33 bits per heavy atom. The van der Waals surface area contributed by atoms with Gasteiger partial charge in [0.05, 0.1) is 6.10 Å². The number of amides is 1. The van der Waals surface area contributed by atoms with Gasteiger partial charge in [-0.15, -0.1) is 0 Å². The maximum Gasteiger partial charge on any atom is 0.328 e. The molecule has 6 nitrogen and oxygen atoms in total. The standard InChI is InChI=1S/C10H10Cl2N2O4/c1-4(15)8(10(17)18)14-9(16)5-2-6(11)13-7(12)3-5/h2-4,8,15H,1H3,(H,14,16)(H,17,18). The molecule has 1 aromatic heterocycles. The lowest BCUT2D eigenvalue weighted by Gasteiger charge is -2.17. The van der Waals surface area contributed by atoms with Crippen LogP contribution in [0.4, 0.5) is 0 Å². The van der Waals surface area contributed by atoms with Gasteiger partial charge in [-0.2, -0.15) is 0 Å². The minimum absolute atomic E-state index is 0.0107. The second kappa shape index (κ2) is 5.99. The van der Waals surface area contributed by atoms with Gasteiger partial charge in [-0.1, -0.05) is 23.2 Å². The first-order chi connectivity index (χ1) is 8.31. The van der Waals surface area contributed by atoms with Crippen LogP contribution in [0.2, 0.25) is 10.3 Å². The highest BCUT2D eigenvalue weighted by molar-refractivity contribution is 6.33. The molecule has 0 aromatic carbocycles. The van der Waals surface area contributed by atoms with Crippen molar-refractivity contribution in [2.24, 2.45) is 0 Å². The van der Waals surface area contributed by atoms with Crippen molar-refractivity contribution in [2.75, 3.05) is 0 Å². The van der Waals surface area contributed by atoms with Gasteiger partial charge in [0.2, 0.25) is 0 Å². The van der Waals surface area contributed by atoms with Crippen LogP contribution in [0.1, 0.15) is 17.3 Å². The van der Waals surface area contributed by atoms with Crippen molar-refractivity contribution >= 4 is 35.1 Å². The van der Waals surface area contributed by atoms with E-state index in [1.54, 1.807) is 0 Å². The summed E-state index contributed by atoms with van der Waals surface area (Å²) >= 11 is 11.2. The van der Waals surface area contributed by atoms with E-state index in [-0.39, 0.29) is 15.9 Å². The van der Waals surface area contributed by atoms with E-state index < -0.39 is 24.0 Å². The quantitative estimate of drug-likeness (QED) is 0.718. The summed E-state index contributed by atoms with van der Waals surface area (Å²) in [6.45, 7) is 1.26. The zero-order valence-electron chi connectivity index (χ0n) is 9.22. The lowest BCUT2D eigenvalue weighted by atomic mass is 10.1. The van der Waals surface area contributed by atoms with Crippen LogP contribution in [-0.2, 0) is 4.79 Å². The van der Waals surface area contributed by atoms with Crippen LogP contribution in [0.5, 0.6) is 0 Å². The van der Waals surface area contributed by atoms with E-state index in [1.807, 2.05) is 0 Å². The number of carbonyl (C=O) groups is 2. The van der Waals surface area contributed by atoms with E-state index in [4.69, 9.17) is 28.3 Å². The van der Waals surface area contributed by atoms with Crippen LogP contribution in [0, 0.1) is 0 Å². The summed E-state index contributed by atoms with van der Waals surface area (Å²) < 4.78 is 0. The molecule has 0 aliphatic rings. The molecule has 8 heteroatoms. The zero-order valence-corrected chi connectivity index (χ0v) is 10.7. The SMILES string of the molecule is CC(O)C(NC(=O)c1cc(Cl)nc(Cl)c1)C(=O)O. The molecule has 98 valence electrons. The fraction of sp³-hybridized carbons (Fsp3) is 0.300. The molecule has 0 radical (unpaired) electrons. The fourth-order valence-electron chi connectivity index (χ4n) is 1.21. The third-order valence-electron chi connectivity index (χ3n) is 2.06. The molecule has 2 unspecified atom stereocenters. The molecule has 1 rings (SSSR count). The van der Waals surface area contributed by atoms with Crippen molar-refractivity contribution in [1.82, 2.24) is 10.3 Å². The van der Waals surface area contributed by atoms with Crippen LogP contribution in [0.15, 0.2) is 12.1 Å². The van der Waals surface area contributed by atoms with Crippen LogP contribution < -0.4 is 5.32 Å². The second-order valence-corrected chi connectivity index (χ2v) is 4.31. The number of hydrogen-bond acceptors (Lipinski definition) is 4. The first-order valence-corrected chi connectivity index (χ1v) is 5.61. The molecule has 2 atom stereocenters. The number of halogens is 2. The Balaban J connectivity index is 2.90. The van der Waals surface area contributed by atoms with Crippen molar-refractivity contribution in [3.8, 4) is 0 Å². The first kappa shape index (κ1) is 14.7. The van der Waals surface area contributed by atoms with E-state index in [2.05, 4.69) is 10.3 Å². The van der Waals surface area contributed by atoms with Crippen molar-refractivity contribution in [1.29, 1.82) is 0 Å². The minimum atomic E-state index is -1.41. The summed E-state index contributed by atoms with van der Waals surface area (Å²) in [6, 6.07) is 1.07. The molecule has 3 N–H and O–H groups in total. The molecule has 0 saturated carbocycles. The van der Waals surface area contributed by atoms with Gasteiger partial charge in [-0.25, -0.2) is 9.78 Å². The fourth-order valence-corrected chi connectivity index (χ4v) is 1.67. The van der Waals surface area contributed by atoms with Gasteiger partial charge in [0.15, 0.2) is 6.04 Å². The number of aromatic nitrogens is 1. The maximum atomic E-state index is 11.7. The molecule has 0 fully saturated rings. The molecule has 0 spiro atoms. The predicted molar refractivity (Wildman–Crippen MR) is 64.8 cm³/mol. The third-order valence-corrected chi connectivity index (χ3v) is 2.45. The number of carbonyl (C=O) groups excluding carboxylic acids is 1. The summed E-state index contributed by atoms with van der Waals surface area (Å²) in [5.41, 5.74) is 0.0619. The van der Waals surface area contributed by atoms with E-state index in [0.29, 0.717) is 0 Å². The van der Waals surface area contributed by atoms with E-state index in [9.17, 15) is 14.7 Å². The molecule has 1 aromatic rings. The van der Waals surface area contributed by atoms with E-state index >= 15 is 0 Å². The highest BCUT2D eigenvalue weighted by atomic mass is 35.5. The molecule has 0 bridgehead atoms. The number of hydrogen-bond donors (Lipinski definition) is 3. The topological polar surface area (TPSA) is 99.5 Å². The van der Waals surface area contributed by atoms with Gasteiger partial charge in [0.25, 0.3) is 5.91 Å². The maximum absolute atomic E-state index is 11.7. The van der Waals surface area contributed by atoms with Crippen LogP contribution in [0.3, 0.4) is 0 Å². The van der Waals surface area contributed by atoms with Gasteiger partial charge in [0.1, 0.15) is 10.3 Å². The monoisotopic (exact) mass is 292 g/mol. The number of aliphatic carboxylic acids is 1. The number of carboxylic acid groups (broad SMARTS) is 1. The molecule has 1 heterocycles. The number of nitrogens with one attached hydrogen (secondary N) is 1. The van der Waals surface area contributed by atoms with Crippen molar-refractivity contribution < 1.29 is 19.8 Å². The Hall–Kier alpha value is -1.37. The van der Waals surface area contributed by atoms with Crippen molar-refractivity contribution in [3.05, 3.63) is 28.0 Å². The van der Waals surface area contributed by atoms with Crippen LogP contribution in [0.25, 0.3) is 0 Å². The van der Waals surface area contributed by atoms with Crippen molar-refractivity contribution in [3.63, 3.8) is 0 Å². The van der Waals surface area contributed by atoms with Crippen LogP contribution in [-0.4, -0.2) is 39.2 Å². The minimum Gasteiger partial charge on any atom is -0.480 e. The number of nitrogens with zero attached hydrogens (tertiary/aromatic N) is 1. The summed E-state index contributed by atoms with van der Waals surface area (Å²) in [7, 11) is 0. The highest BCUT2D eigenvalue weighted by Crippen LogP contribution is 2.14. The lowest BCUT2D eigenvalue weighted by molar-refractivity contribution is -0.141. The Morgan fingerprint density at radius 3 is 2.22 bits per heavy atom. The number of aliphatic hydroxyl groups is 1. The molecular weight excluding hydrogens is 283 g/mol. The first-order valence-electron chi connectivity index (χ1n) is 4.86. The Kier molecular flexibility index (Phi) is 4.89. The number of pyridine rings is 1. The highest BCUT2D eigenvalue weighted by Gasteiger charge is 2.25. The zero-order chi connectivity index (χ0) is 13.9. The molecular formula is C10H10Cl2N2O4. The number of rotatable bonds is 4. The van der Waals surface area contributed by atoms with Crippen LogP contribution >= 0.6 is 23.2 Å². The lowest BCUT2D eigenvalue weighted by Crippen LogP contribution is -2.47. The van der Waals surface area contributed by atoms with Gasteiger partial charge >= 0.3 is 5.97 Å². The Labute approximate surface area is 113 Å². The summed E-state index contributed by atoms with van der Waals surface area (Å²) in [6.07, 6.45) is -1.24. The van der Waals surface area contributed by atoms with Gasteiger partial charge in [0, 0.05) is 5.56 Å². The van der Waals surface area contributed by atoms with Gasteiger partial charge in [-0.3, -0.25) is 4.79 Å². The third kappa shape index (κ3) is 3.83. The summed E-state index contributed by atoms with van der Waals surface area (Å²) in [5.74, 6) is -2.06. The number of carboxylic acids is 1. The molecule has 0 aliphatic carbocycles. The summed E-state index contributed by atoms with van der Waals surface area (Å²) in [5, 5.41) is 20.2. The Bertz CT molecular complexity index is 459. The molecule has 0 aliphatic heterocycles. The molecule has 0 saturated heterocycles.